The molecule has 0 aliphatic carbocycles. The second-order valence-corrected chi connectivity index (χ2v) is 14.3. The minimum atomic E-state index is -2.03. The summed E-state index contributed by atoms with van der Waals surface area (Å²) in [5.41, 5.74) is 3.78. The lowest BCUT2D eigenvalue weighted by Crippen LogP contribution is -2.51. The Hall–Kier alpha value is -2.02. The van der Waals surface area contributed by atoms with Gasteiger partial charge in [0.2, 0.25) is 0 Å². The van der Waals surface area contributed by atoms with Crippen LogP contribution in [0.1, 0.15) is 58.7 Å². The van der Waals surface area contributed by atoms with Crippen LogP contribution in [0.5, 0.6) is 5.75 Å². The van der Waals surface area contributed by atoms with Crippen LogP contribution in [-0.4, -0.2) is 27.3 Å². The molecule has 0 radical (unpaired) electrons. The van der Waals surface area contributed by atoms with Gasteiger partial charge in [-0.25, -0.2) is 0 Å². The molecule has 0 saturated heterocycles. The summed E-state index contributed by atoms with van der Waals surface area (Å²) in [4.78, 5) is 2.17. The highest BCUT2D eigenvalue weighted by molar-refractivity contribution is 6.78. The Morgan fingerprint density at radius 2 is 1.28 bits per heavy atom. The molecular formula is C26H37NOSi. The van der Waals surface area contributed by atoms with E-state index in [0.717, 1.165) is 16.9 Å². The maximum atomic E-state index is 7.05. The van der Waals surface area contributed by atoms with Crippen LogP contribution >= 0.6 is 0 Å². The fraction of sp³-hybridized carbons (Fsp3) is 0.462. The Labute approximate surface area is 179 Å². The van der Waals surface area contributed by atoms with Gasteiger partial charge >= 0.3 is 0 Å². The molecule has 1 atom stereocenters. The Kier molecular flexibility index (Phi) is 8.13. The second-order valence-electron chi connectivity index (χ2n) is 8.96. The molecule has 0 aliphatic rings. The van der Waals surface area contributed by atoms with E-state index in [1.165, 1.54) is 0 Å². The summed E-state index contributed by atoms with van der Waals surface area (Å²) in [6.45, 7) is 14.0. The lowest BCUT2D eigenvalue weighted by molar-refractivity contribution is 0.352. The fourth-order valence-electron chi connectivity index (χ4n) is 4.50. The fourth-order valence-corrected chi connectivity index (χ4v) is 9.78. The SMILES string of the molecule is CC(C)[Si](Oc1ccccc1C(C#Cc1ccccc1)N(C)C)(C(C)C)C(C)C. The summed E-state index contributed by atoms with van der Waals surface area (Å²) in [5.74, 6) is 7.82. The Balaban J connectivity index is 2.51. The number of hydrogen-bond donors (Lipinski definition) is 0. The quantitative estimate of drug-likeness (QED) is 0.366. The zero-order valence-electron chi connectivity index (χ0n) is 19.4. The summed E-state index contributed by atoms with van der Waals surface area (Å²) in [5, 5.41) is 0. The summed E-state index contributed by atoms with van der Waals surface area (Å²) < 4.78 is 7.05. The monoisotopic (exact) mass is 407 g/mol. The third kappa shape index (κ3) is 5.32. The average Bonchev–Trinajstić information content (AvgIpc) is 2.67. The molecule has 0 amide bonds. The molecule has 29 heavy (non-hydrogen) atoms. The van der Waals surface area contributed by atoms with Gasteiger partial charge in [0, 0.05) is 11.1 Å². The van der Waals surface area contributed by atoms with Gasteiger partial charge in [-0.3, -0.25) is 4.90 Å². The molecule has 156 valence electrons. The Morgan fingerprint density at radius 3 is 1.79 bits per heavy atom. The van der Waals surface area contributed by atoms with E-state index in [1.807, 2.05) is 18.2 Å². The Bertz CT molecular complexity index is 809. The van der Waals surface area contributed by atoms with Gasteiger partial charge in [0.15, 0.2) is 0 Å². The highest BCUT2D eigenvalue weighted by atomic mass is 28.4. The summed E-state index contributed by atoms with van der Waals surface area (Å²) >= 11 is 0. The number of benzene rings is 2. The zero-order valence-corrected chi connectivity index (χ0v) is 20.4. The van der Waals surface area contributed by atoms with Gasteiger partial charge in [0.25, 0.3) is 8.32 Å². The van der Waals surface area contributed by atoms with E-state index in [4.69, 9.17) is 4.43 Å². The van der Waals surface area contributed by atoms with Crippen LogP contribution in [0.25, 0.3) is 0 Å². The first-order valence-electron chi connectivity index (χ1n) is 10.7. The average molecular weight is 408 g/mol. The maximum absolute atomic E-state index is 7.05. The summed E-state index contributed by atoms with van der Waals surface area (Å²) in [6, 6.07) is 18.6. The normalized spacial score (nSPS) is 13.0. The maximum Gasteiger partial charge on any atom is 0.258 e. The predicted octanol–water partition coefficient (Wildman–Crippen LogP) is 6.90. The van der Waals surface area contributed by atoms with Crippen LogP contribution < -0.4 is 4.43 Å². The van der Waals surface area contributed by atoms with Gasteiger partial charge in [0.1, 0.15) is 11.8 Å². The molecule has 2 nitrogen and oxygen atoms in total. The van der Waals surface area contributed by atoms with Crippen molar-refractivity contribution in [2.45, 2.75) is 64.2 Å². The first kappa shape index (κ1) is 23.3. The minimum Gasteiger partial charge on any atom is -0.542 e. The van der Waals surface area contributed by atoms with Gasteiger partial charge < -0.3 is 4.43 Å². The molecule has 2 rings (SSSR count). The number of para-hydroxylation sites is 1. The van der Waals surface area contributed by atoms with Gasteiger partial charge in [-0.15, -0.1) is 0 Å². The van der Waals surface area contributed by atoms with Crippen LogP contribution in [0.15, 0.2) is 54.6 Å². The largest absolute Gasteiger partial charge is 0.542 e. The zero-order chi connectivity index (χ0) is 21.6. The van der Waals surface area contributed by atoms with E-state index < -0.39 is 8.32 Å². The molecule has 2 aromatic rings. The van der Waals surface area contributed by atoms with Crippen molar-refractivity contribution in [2.24, 2.45) is 0 Å². The van der Waals surface area contributed by atoms with Gasteiger partial charge in [0.05, 0.1) is 0 Å². The standard InChI is InChI=1S/C26H37NOSi/c1-20(2)29(21(3)4,22(5)6)28-26-17-13-12-16-24(26)25(27(7)8)19-18-23-14-10-9-11-15-23/h9-17,20-22,25H,1-8H3. The van der Waals surface area contributed by atoms with Gasteiger partial charge in [-0.05, 0) is 48.9 Å². The van der Waals surface area contributed by atoms with E-state index in [1.54, 1.807) is 0 Å². The number of hydrogen-bond acceptors (Lipinski definition) is 2. The van der Waals surface area contributed by atoms with Crippen molar-refractivity contribution < 1.29 is 4.43 Å². The highest BCUT2D eigenvalue weighted by Gasteiger charge is 2.47. The molecule has 2 aromatic carbocycles. The van der Waals surface area contributed by atoms with Crippen LogP contribution in [0, 0.1) is 11.8 Å². The lowest BCUT2D eigenvalue weighted by Gasteiger charge is -2.43. The van der Waals surface area contributed by atoms with Gasteiger partial charge in [-0.2, -0.15) is 0 Å². The number of nitrogens with zero attached hydrogens (tertiary/aromatic N) is 1. The first-order valence-corrected chi connectivity index (χ1v) is 12.8. The van der Waals surface area contributed by atoms with E-state index in [0.29, 0.717) is 16.6 Å². The predicted molar refractivity (Wildman–Crippen MR) is 128 cm³/mol. The molecule has 1 unspecified atom stereocenters. The van der Waals surface area contributed by atoms with Crippen molar-refractivity contribution in [1.29, 1.82) is 0 Å². The van der Waals surface area contributed by atoms with Crippen LogP contribution in [0.3, 0.4) is 0 Å². The van der Waals surface area contributed by atoms with Crippen molar-refractivity contribution in [1.82, 2.24) is 4.90 Å². The van der Waals surface area contributed by atoms with Crippen LogP contribution in [-0.2, 0) is 0 Å². The van der Waals surface area contributed by atoms with E-state index in [2.05, 4.69) is 109 Å². The third-order valence-electron chi connectivity index (χ3n) is 5.85. The van der Waals surface area contributed by atoms with Crippen molar-refractivity contribution in [3.05, 3.63) is 65.7 Å². The topological polar surface area (TPSA) is 12.5 Å². The minimum absolute atomic E-state index is 0.0235. The van der Waals surface area contributed by atoms with E-state index in [-0.39, 0.29) is 6.04 Å². The number of rotatable bonds is 7. The molecule has 0 aromatic heterocycles. The molecule has 0 N–H and O–H groups in total. The third-order valence-corrected chi connectivity index (χ3v) is 11.8. The van der Waals surface area contributed by atoms with Gasteiger partial charge in [-0.1, -0.05) is 89.8 Å². The lowest BCUT2D eigenvalue weighted by atomic mass is 10.0. The molecule has 0 aliphatic heterocycles. The van der Waals surface area contributed by atoms with E-state index in [9.17, 15) is 0 Å². The Morgan fingerprint density at radius 1 is 0.759 bits per heavy atom. The molecule has 0 fully saturated rings. The summed E-state index contributed by atoms with van der Waals surface area (Å²) in [7, 11) is 2.13. The van der Waals surface area contributed by atoms with Crippen molar-refractivity contribution in [3.63, 3.8) is 0 Å². The van der Waals surface area contributed by atoms with Crippen molar-refractivity contribution in [3.8, 4) is 17.6 Å². The van der Waals surface area contributed by atoms with Crippen molar-refractivity contribution >= 4 is 8.32 Å². The molecule has 3 heteroatoms. The highest BCUT2D eigenvalue weighted by Crippen LogP contribution is 2.44. The molecule has 0 spiro atoms. The summed E-state index contributed by atoms with van der Waals surface area (Å²) in [6.07, 6.45) is 0. The van der Waals surface area contributed by atoms with Crippen LogP contribution in [0.2, 0.25) is 16.6 Å². The molecule has 0 heterocycles. The molecular weight excluding hydrogens is 370 g/mol. The van der Waals surface area contributed by atoms with Crippen LogP contribution in [0.4, 0.5) is 0 Å². The smallest absolute Gasteiger partial charge is 0.258 e. The second kappa shape index (κ2) is 10.1. The van der Waals surface area contributed by atoms with E-state index >= 15 is 0 Å². The van der Waals surface area contributed by atoms with Crippen molar-refractivity contribution in [2.75, 3.05) is 14.1 Å². The first-order chi connectivity index (χ1) is 13.7. The molecule has 0 saturated carbocycles. The molecule has 0 bridgehead atoms.